The molecule has 0 unspecified atom stereocenters. The van der Waals surface area contributed by atoms with Gasteiger partial charge in [-0.1, -0.05) is 17.3 Å². The highest BCUT2D eigenvalue weighted by Gasteiger charge is 2.09. The smallest absolute Gasteiger partial charge is 0.277 e. The van der Waals surface area contributed by atoms with E-state index in [0.29, 0.717) is 17.6 Å². The largest absolute Gasteiger partial charge is 0.350 e. The first-order valence-corrected chi connectivity index (χ1v) is 8.96. The molecule has 2 heterocycles. The average Bonchev–Trinajstić information content (AvgIpc) is 3.23. The summed E-state index contributed by atoms with van der Waals surface area (Å²) >= 11 is 0. The maximum absolute atomic E-state index is 13.4. The van der Waals surface area contributed by atoms with Gasteiger partial charge in [0.25, 0.3) is 11.5 Å². The van der Waals surface area contributed by atoms with E-state index in [2.05, 4.69) is 20.6 Å². The Morgan fingerprint density at radius 1 is 1.14 bits per heavy atom. The van der Waals surface area contributed by atoms with E-state index in [-0.39, 0.29) is 24.4 Å². The molecule has 0 radical (unpaired) electrons. The van der Waals surface area contributed by atoms with E-state index in [0.717, 1.165) is 16.3 Å². The van der Waals surface area contributed by atoms with Crippen LogP contribution in [-0.2, 0) is 13.1 Å². The van der Waals surface area contributed by atoms with Gasteiger partial charge in [0, 0.05) is 31.0 Å². The predicted octanol–water partition coefficient (Wildman–Crippen LogP) is 1.61. The quantitative estimate of drug-likeness (QED) is 0.538. The molecule has 0 saturated carbocycles. The van der Waals surface area contributed by atoms with Crippen molar-refractivity contribution in [1.29, 1.82) is 0 Å². The first-order valence-electron chi connectivity index (χ1n) is 8.96. The van der Waals surface area contributed by atoms with Gasteiger partial charge in [-0.2, -0.15) is 0 Å². The number of hydrogen-bond acceptors (Lipinski definition) is 5. The van der Waals surface area contributed by atoms with Crippen LogP contribution in [0.1, 0.15) is 15.9 Å². The molecule has 9 heteroatoms. The Morgan fingerprint density at radius 2 is 1.97 bits per heavy atom. The number of imidazole rings is 1. The average molecular weight is 392 g/mol. The molecule has 0 aliphatic rings. The summed E-state index contributed by atoms with van der Waals surface area (Å²) in [5.74, 6) is -0.772. The van der Waals surface area contributed by atoms with Crippen LogP contribution in [0.4, 0.5) is 4.39 Å². The number of nitrogens with one attached hydrogen (secondary N) is 1. The van der Waals surface area contributed by atoms with Gasteiger partial charge in [0.15, 0.2) is 0 Å². The van der Waals surface area contributed by atoms with Gasteiger partial charge < -0.3 is 9.88 Å². The third kappa shape index (κ3) is 4.18. The number of nitrogens with zero attached hydrogens (tertiary/aromatic N) is 5. The second kappa shape index (κ2) is 8.01. The maximum atomic E-state index is 13.4. The summed E-state index contributed by atoms with van der Waals surface area (Å²) in [6.45, 7) is 0.986. The SMILES string of the molecule is O=C(NCCn1nnc2ccc(F)cc2c1=O)c1ccc(Cn2ccnc2)cc1. The first-order chi connectivity index (χ1) is 14.1. The van der Waals surface area contributed by atoms with Crippen LogP contribution in [-0.4, -0.2) is 37.0 Å². The molecule has 0 fully saturated rings. The zero-order valence-electron chi connectivity index (χ0n) is 15.3. The number of amides is 1. The van der Waals surface area contributed by atoms with Crippen molar-refractivity contribution in [2.24, 2.45) is 0 Å². The molecular formula is C20H17FN6O2. The molecule has 29 heavy (non-hydrogen) atoms. The number of aromatic nitrogens is 5. The van der Waals surface area contributed by atoms with Crippen LogP contribution in [0, 0.1) is 5.82 Å². The standard InChI is InChI=1S/C20H17FN6O2/c21-16-5-6-18-17(11-16)20(29)27(25-24-18)10-8-23-19(28)15-3-1-14(2-4-15)12-26-9-7-22-13-26/h1-7,9,11,13H,8,10,12H2,(H,23,28). The zero-order chi connectivity index (χ0) is 20.2. The van der Waals surface area contributed by atoms with Gasteiger partial charge in [0.2, 0.25) is 0 Å². The van der Waals surface area contributed by atoms with Crippen molar-refractivity contribution in [3.63, 3.8) is 0 Å². The number of carbonyl (C=O) groups excluding carboxylic acids is 1. The van der Waals surface area contributed by atoms with Gasteiger partial charge in [-0.25, -0.2) is 14.1 Å². The summed E-state index contributed by atoms with van der Waals surface area (Å²) in [5.41, 5.74) is 1.43. The van der Waals surface area contributed by atoms with E-state index in [9.17, 15) is 14.0 Å². The van der Waals surface area contributed by atoms with E-state index >= 15 is 0 Å². The van der Waals surface area contributed by atoms with Crippen LogP contribution in [0.15, 0.2) is 66.0 Å². The lowest BCUT2D eigenvalue weighted by Gasteiger charge is -2.08. The molecule has 2 aromatic heterocycles. The molecule has 0 bridgehead atoms. The Kier molecular flexibility index (Phi) is 5.10. The van der Waals surface area contributed by atoms with E-state index in [1.165, 1.54) is 12.1 Å². The minimum absolute atomic E-state index is 0.128. The summed E-state index contributed by atoms with van der Waals surface area (Å²) in [5, 5.41) is 10.6. The van der Waals surface area contributed by atoms with Crippen molar-refractivity contribution in [3.05, 3.63) is 88.5 Å². The fraction of sp³-hybridized carbons (Fsp3) is 0.150. The number of halogens is 1. The third-order valence-corrected chi connectivity index (χ3v) is 4.43. The second-order valence-electron chi connectivity index (χ2n) is 6.47. The summed E-state index contributed by atoms with van der Waals surface area (Å²) in [6.07, 6.45) is 5.31. The van der Waals surface area contributed by atoms with Crippen LogP contribution >= 0.6 is 0 Å². The van der Waals surface area contributed by atoms with Crippen molar-refractivity contribution in [2.75, 3.05) is 6.54 Å². The summed E-state index contributed by atoms with van der Waals surface area (Å²) in [7, 11) is 0. The molecule has 8 nitrogen and oxygen atoms in total. The topological polar surface area (TPSA) is 94.7 Å². The molecule has 1 amide bonds. The van der Waals surface area contributed by atoms with Crippen molar-refractivity contribution < 1.29 is 9.18 Å². The molecule has 4 aromatic rings. The molecule has 0 atom stereocenters. The second-order valence-corrected chi connectivity index (χ2v) is 6.47. The highest BCUT2D eigenvalue weighted by atomic mass is 19.1. The lowest BCUT2D eigenvalue weighted by atomic mass is 10.1. The van der Waals surface area contributed by atoms with Crippen LogP contribution in [0.5, 0.6) is 0 Å². The number of carbonyl (C=O) groups is 1. The summed E-state index contributed by atoms with van der Waals surface area (Å²) < 4.78 is 16.4. The Labute approximate surface area is 164 Å². The maximum Gasteiger partial charge on any atom is 0.277 e. The molecule has 4 rings (SSSR count). The minimum Gasteiger partial charge on any atom is -0.350 e. The van der Waals surface area contributed by atoms with Crippen LogP contribution in [0.3, 0.4) is 0 Å². The van der Waals surface area contributed by atoms with Gasteiger partial charge in [0.05, 0.1) is 18.3 Å². The highest BCUT2D eigenvalue weighted by molar-refractivity contribution is 5.94. The Balaban J connectivity index is 1.37. The fourth-order valence-electron chi connectivity index (χ4n) is 2.92. The van der Waals surface area contributed by atoms with Crippen molar-refractivity contribution >= 4 is 16.8 Å². The van der Waals surface area contributed by atoms with Gasteiger partial charge in [-0.15, -0.1) is 5.10 Å². The van der Waals surface area contributed by atoms with Gasteiger partial charge >= 0.3 is 0 Å². The fourth-order valence-corrected chi connectivity index (χ4v) is 2.92. The predicted molar refractivity (Wildman–Crippen MR) is 104 cm³/mol. The lowest BCUT2D eigenvalue weighted by Crippen LogP contribution is -2.32. The van der Waals surface area contributed by atoms with Gasteiger partial charge in [-0.05, 0) is 35.9 Å². The van der Waals surface area contributed by atoms with Crippen molar-refractivity contribution in [1.82, 2.24) is 29.9 Å². The highest BCUT2D eigenvalue weighted by Crippen LogP contribution is 2.08. The first kappa shape index (κ1) is 18.5. The number of fused-ring (bicyclic) bond motifs is 1. The normalized spacial score (nSPS) is 10.9. The van der Waals surface area contributed by atoms with E-state index in [1.807, 2.05) is 22.9 Å². The third-order valence-electron chi connectivity index (χ3n) is 4.43. The number of hydrogen-bond donors (Lipinski definition) is 1. The van der Waals surface area contributed by atoms with Crippen LogP contribution in [0.2, 0.25) is 0 Å². The summed E-state index contributed by atoms with van der Waals surface area (Å²) in [6, 6.07) is 11.0. The molecule has 0 spiro atoms. The molecule has 1 N–H and O–H groups in total. The van der Waals surface area contributed by atoms with E-state index < -0.39 is 11.4 Å². The lowest BCUT2D eigenvalue weighted by molar-refractivity contribution is 0.0951. The molecule has 146 valence electrons. The van der Waals surface area contributed by atoms with Crippen molar-refractivity contribution in [2.45, 2.75) is 13.1 Å². The molecule has 2 aromatic carbocycles. The van der Waals surface area contributed by atoms with Crippen molar-refractivity contribution in [3.8, 4) is 0 Å². The Morgan fingerprint density at radius 3 is 2.72 bits per heavy atom. The van der Waals surface area contributed by atoms with E-state index in [1.54, 1.807) is 24.7 Å². The van der Waals surface area contributed by atoms with Crippen LogP contribution < -0.4 is 10.9 Å². The number of benzene rings is 2. The molecular weight excluding hydrogens is 375 g/mol. The molecule has 0 aliphatic carbocycles. The Hall–Kier alpha value is -3.88. The van der Waals surface area contributed by atoms with Gasteiger partial charge in [0.1, 0.15) is 11.3 Å². The van der Waals surface area contributed by atoms with Crippen LogP contribution in [0.25, 0.3) is 10.9 Å². The molecule has 0 saturated heterocycles. The van der Waals surface area contributed by atoms with Gasteiger partial charge in [-0.3, -0.25) is 9.59 Å². The summed E-state index contributed by atoms with van der Waals surface area (Å²) in [4.78, 5) is 28.7. The minimum atomic E-state index is -0.515. The molecule has 0 aliphatic heterocycles. The zero-order valence-corrected chi connectivity index (χ0v) is 15.3. The Bertz CT molecular complexity index is 1200. The number of rotatable bonds is 6. The van der Waals surface area contributed by atoms with E-state index in [4.69, 9.17) is 0 Å². The monoisotopic (exact) mass is 392 g/mol.